The lowest BCUT2D eigenvalue weighted by atomic mass is 10.4. The number of aryl methyl sites for hydroxylation is 1. The summed E-state index contributed by atoms with van der Waals surface area (Å²) < 4.78 is 7.88. The van der Waals surface area contributed by atoms with Gasteiger partial charge in [-0.25, -0.2) is 4.68 Å². The second-order valence-corrected chi connectivity index (χ2v) is 3.49. The third-order valence-electron chi connectivity index (χ3n) is 1.56. The van der Waals surface area contributed by atoms with E-state index < -0.39 is 0 Å². The first kappa shape index (κ1) is 7.43. The van der Waals surface area contributed by atoms with Gasteiger partial charge in [0.1, 0.15) is 4.47 Å². The Morgan fingerprint density at radius 2 is 2.45 bits per heavy atom. The first-order valence-electron chi connectivity index (χ1n) is 3.33. The third-order valence-corrected chi connectivity index (χ3v) is 2.77. The lowest BCUT2D eigenvalue weighted by molar-refractivity contribution is 0.229. The molecule has 0 aliphatic carbocycles. The number of halogens is 2. The minimum Gasteiger partial charge on any atom is -0.477 e. The molecule has 0 unspecified atom stereocenters. The van der Waals surface area contributed by atoms with E-state index in [2.05, 4.69) is 21.0 Å². The van der Waals surface area contributed by atoms with Crippen LogP contribution in [0.25, 0.3) is 0 Å². The van der Waals surface area contributed by atoms with Gasteiger partial charge < -0.3 is 4.74 Å². The Labute approximate surface area is 77.4 Å². The van der Waals surface area contributed by atoms with Crippen LogP contribution in [0.2, 0.25) is 5.15 Å². The summed E-state index contributed by atoms with van der Waals surface area (Å²) in [4.78, 5) is 0. The van der Waals surface area contributed by atoms with Gasteiger partial charge in [-0.15, -0.1) is 0 Å². The van der Waals surface area contributed by atoms with Gasteiger partial charge in [-0.1, -0.05) is 11.6 Å². The maximum atomic E-state index is 5.76. The highest BCUT2D eigenvalue weighted by Gasteiger charge is 2.18. The molecular weight excluding hydrogens is 231 g/mol. The van der Waals surface area contributed by atoms with E-state index in [0.717, 1.165) is 29.9 Å². The van der Waals surface area contributed by atoms with Crippen LogP contribution >= 0.6 is 27.5 Å². The highest BCUT2D eigenvalue weighted by atomic mass is 79.9. The number of nitrogens with zero attached hydrogens (tertiary/aromatic N) is 2. The number of aromatic nitrogens is 2. The van der Waals surface area contributed by atoms with Crippen LogP contribution in [0.5, 0.6) is 5.88 Å². The lowest BCUT2D eigenvalue weighted by Gasteiger charge is -2.14. The van der Waals surface area contributed by atoms with Crippen LogP contribution in [0, 0.1) is 0 Å². The number of fused-ring (bicyclic) bond motifs is 1. The topological polar surface area (TPSA) is 27.1 Å². The molecule has 0 bridgehead atoms. The van der Waals surface area contributed by atoms with Crippen molar-refractivity contribution in [3.63, 3.8) is 0 Å². The standard InChI is InChI=1S/C6H6BrClN2O/c7-4-5(8)9-10-2-1-3-11-6(4)10/h1-3H2. The summed E-state index contributed by atoms with van der Waals surface area (Å²) in [6.07, 6.45) is 0.997. The molecule has 2 rings (SSSR count). The Bertz CT molecular complexity index is 286. The second-order valence-electron chi connectivity index (χ2n) is 2.34. The summed E-state index contributed by atoms with van der Waals surface area (Å²) in [6.45, 7) is 1.64. The van der Waals surface area contributed by atoms with Crippen LogP contribution in [0.4, 0.5) is 0 Å². The van der Waals surface area contributed by atoms with E-state index in [1.54, 1.807) is 4.68 Å². The van der Waals surface area contributed by atoms with Gasteiger partial charge in [0.2, 0.25) is 5.88 Å². The Kier molecular flexibility index (Phi) is 1.81. The molecule has 0 radical (unpaired) electrons. The normalized spacial score (nSPS) is 15.8. The molecule has 0 fully saturated rings. The summed E-state index contributed by atoms with van der Waals surface area (Å²) in [5.74, 6) is 0.751. The van der Waals surface area contributed by atoms with Crippen molar-refractivity contribution in [2.45, 2.75) is 13.0 Å². The molecule has 1 aromatic heterocycles. The molecule has 11 heavy (non-hydrogen) atoms. The van der Waals surface area contributed by atoms with Crippen molar-refractivity contribution in [1.29, 1.82) is 0 Å². The van der Waals surface area contributed by atoms with Crippen LogP contribution in [-0.2, 0) is 6.54 Å². The second kappa shape index (κ2) is 2.68. The smallest absolute Gasteiger partial charge is 0.228 e. The van der Waals surface area contributed by atoms with Crippen LogP contribution in [-0.4, -0.2) is 16.4 Å². The largest absolute Gasteiger partial charge is 0.477 e. The first-order valence-corrected chi connectivity index (χ1v) is 4.51. The summed E-state index contributed by atoms with van der Waals surface area (Å²) in [6, 6.07) is 0. The molecule has 2 heterocycles. The molecule has 0 spiro atoms. The Balaban J connectivity index is 2.50. The molecule has 5 heteroatoms. The average Bonchev–Trinajstić information content (AvgIpc) is 2.30. The van der Waals surface area contributed by atoms with E-state index in [-0.39, 0.29) is 0 Å². The maximum Gasteiger partial charge on any atom is 0.228 e. The van der Waals surface area contributed by atoms with Crippen LogP contribution in [0.1, 0.15) is 6.42 Å². The zero-order chi connectivity index (χ0) is 7.84. The van der Waals surface area contributed by atoms with Crippen molar-refractivity contribution in [2.24, 2.45) is 0 Å². The lowest BCUT2D eigenvalue weighted by Crippen LogP contribution is -2.14. The van der Waals surface area contributed by atoms with Gasteiger partial charge in [0.05, 0.1) is 6.61 Å². The zero-order valence-electron chi connectivity index (χ0n) is 5.68. The Morgan fingerprint density at radius 3 is 3.18 bits per heavy atom. The Hall–Kier alpha value is -0.220. The number of ether oxygens (including phenoxy) is 1. The minimum absolute atomic E-state index is 0.474. The van der Waals surface area contributed by atoms with E-state index in [1.807, 2.05) is 0 Å². The number of hydrogen-bond donors (Lipinski definition) is 0. The molecule has 0 saturated carbocycles. The molecule has 0 amide bonds. The van der Waals surface area contributed by atoms with Gasteiger partial charge in [-0.2, -0.15) is 5.10 Å². The fraction of sp³-hybridized carbons (Fsp3) is 0.500. The van der Waals surface area contributed by atoms with E-state index in [1.165, 1.54) is 0 Å². The summed E-state index contributed by atoms with van der Waals surface area (Å²) in [5.41, 5.74) is 0. The van der Waals surface area contributed by atoms with Crippen molar-refractivity contribution < 1.29 is 4.74 Å². The van der Waals surface area contributed by atoms with Crippen LogP contribution in [0.15, 0.2) is 4.47 Å². The van der Waals surface area contributed by atoms with Crippen molar-refractivity contribution in [2.75, 3.05) is 6.61 Å². The quantitative estimate of drug-likeness (QED) is 0.691. The zero-order valence-corrected chi connectivity index (χ0v) is 8.02. The van der Waals surface area contributed by atoms with Gasteiger partial charge in [0.25, 0.3) is 0 Å². The summed E-state index contributed by atoms with van der Waals surface area (Å²) >= 11 is 9.06. The highest BCUT2D eigenvalue weighted by molar-refractivity contribution is 9.10. The average molecular weight is 237 g/mol. The fourth-order valence-electron chi connectivity index (χ4n) is 1.07. The highest BCUT2D eigenvalue weighted by Crippen LogP contribution is 2.33. The molecule has 1 aromatic rings. The summed E-state index contributed by atoms with van der Waals surface area (Å²) in [5, 5.41) is 4.53. The van der Waals surface area contributed by atoms with Crippen molar-refractivity contribution >= 4 is 27.5 Å². The summed E-state index contributed by atoms with van der Waals surface area (Å²) in [7, 11) is 0. The molecule has 0 aromatic carbocycles. The molecule has 1 aliphatic rings. The van der Waals surface area contributed by atoms with Crippen LogP contribution < -0.4 is 4.74 Å². The van der Waals surface area contributed by atoms with E-state index in [9.17, 15) is 0 Å². The SMILES string of the molecule is Clc1nn2c(c1Br)OCCC2. The number of hydrogen-bond acceptors (Lipinski definition) is 2. The Morgan fingerprint density at radius 1 is 1.64 bits per heavy atom. The van der Waals surface area contributed by atoms with Gasteiger partial charge in [-0.3, -0.25) is 0 Å². The van der Waals surface area contributed by atoms with E-state index >= 15 is 0 Å². The van der Waals surface area contributed by atoms with Crippen LogP contribution in [0.3, 0.4) is 0 Å². The molecule has 0 saturated heterocycles. The molecule has 60 valence electrons. The first-order chi connectivity index (χ1) is 5.29. The maximum absolute atomic E-state index is 5.76. The van der Waals surface area contributed by atoms with Gasteiger partial charge in [0, 0.05) is 13.0 Å². The molecule has 1 aliphatic heterocycles. The van der Waals surface area contributed by atoms with E-state index in [4.69, 9.17) is 16.3 Å². The number of rotatable bonds is 0. The molecule has 3 nitrogen and oxygen atoms in total. The van der Waals surface area contributed by atoms with Gasteiger partial charge in [-0.05, 0) is 15.9 Å². The third kappa shape index (κ3) is 1.14. The monoisotopic (exact) mass is 236 g/mol. The van der Waals surface area contributed by atoms with Gasteiger partial charge >= 0.3 is 0 Å². The van der Waals surface area contributed by atoms with Crippen molar-refractivity contribution in [1.82, 2.24) is 9.78 Å². The molecular formula is C6H6BrClN2O. The molecule has 0 N–H and O–H groups in total. The predicted octanol–water partition coefficient (Wildman–Crippen LogP) is 2.08. The van der Waals surface area contributed by atoms with Gasteiger partial charge in [0.15, 0.2) is 5.15 Å². The minimum atomic E-state index is 0.474. The molecule has 0 atom stereocenters. The van der Waals surface area contributed by atoms with Crippen molar-refractivity contribution in [3.05, 3.63) is 9.63 Å². The van der Waals surface area contributed by atoms with Crippen molar-refractivity contribution in [3.8, 4) is 5.88 Å². The fourth-order valence-corrected chi connectivity index (χ4v) is 1.64. The predicted molar refractivity (Wildman–Crippen MR) is 45.0 cm³/mol. The van der Waals surface area contributed by atoms with E-state index in [0.29, 0.717) is 5.15 Å².